The summed E-state index contributed by atoms with van der Waals surface area (Å²) in [6, 6.07) is 1.32. The second-order valence-electron chi connectivity index (χ2n) is 5.43. The quantitative estimate of drug-likeness (QED) is 0.740. The van der Waals surface area contributed by atoms with Crippen LogP contribution in [0.2, 0.25) is 0 Å². The van der Waals surface area contributed by atoms with Crippen molar-refractivity contribution in [2.45, 2.75) is 52.1 Å². The number of rotatable bonds is 7. The van der Waals surface area contributed by atoms with Gasteiger partial charge in [0.25, 0.3) is 0 Å². The normalized spacial score (nSPS) is 27.4. The molecule has 0 radical (unpaired) electrons. The van der Waals surface area contributed by atoms with Crippen molar-refractivity contribution in [1.82, 2.24) is 10.2 Å². The minimum Gasteiger partial charge on any atom is -0.383 e. The smallest absolute Gasteiger partial charge is 0.0589 e. The summed E-state index contributed by atoms with van der Waals surface area (Å²) in [7, 11) is 1.79. The van der Waals surface area contributed by atoms with Crippen molar-refractivity contribution in [1.29, 1.82) is 0 Å². The zero-order chi connectivity index (χ0) is 12.7. The van der Waals surface area contributed by atoms with Crippen molar-refractivity contribution >= 4 is 0 Å². The zero-order valence-electron chi connectivity index (χ0n) is 12.0. The molecule has 1 heterocycles. The summed E-state index contributed by atoms with van der Waals surface area (Å²) < 4.78 is 5.22. The van der Waals surface area contributed by atoms with Crippen LogP contribution >= 0.6 is 0 Å². The Bertz CT molecular complexity index is 199. The molecule has 3 nitrogen and oxygen atoms in total. The Labute approximate surface area is 107 Å². The molecule has 1 aliphatic heterocycles. The molecule has 17 heavy (non-hydrogen) atoms. The van der Waals surface area contributed by atoms with Gasteiger partial charge in [0.1, 0.15) is 0 Å². The topological polar surface area (TPSA) is 24.5 Å². The Morgan fingerprint density at radius 2 is 2.24 bits per heavy atom. The lowest BCUT2D eigenvalue weighted by Crippen LogP contribution is -2.50. The molecule has 0 spiro atoms. The third kappa shape index (κ3) is 4.94. The number of nitrogens with one attached hydrogen (secondary N) is 1. The van der Waals surface area contributed by atoms with E-state index in [0.29, 0.717) is 12.1 Å². The van der Waals surface area contributed by atoms with E-state index in [9.17, 15) is 0 Å². The lowest BCUT2D eigenvalue weighted by molar-refractivity contribution is 0.102. The summed E-state index contributed by atoms with van der Waals surface area (Å²) in [6.45, 7) is 11.2. The van der Waals surface area contributed by atoms with Gasteiger partial charge in [-0.05, 0) is 38.6 Å². The van der Waals surface area contributed by atoms with E-state index >= 15 is 0 Å². The van der Waals surface area contributed by atoms with Crippen LogP contribution in [0.25, 0.3) is 0 Å². The van der Waals surface area contributed by atoms with Gasteiger partial charge in [0.05, 0.1) is 6.61 Å². The van der Waals surface area contributed by atoms with Gasteiger partial charge in [-0.3, -0.25) is 4.90 Å². The second-order valence-corrected chi connectivity index (χ2v) is 5.43. The first-order chi connectivity index (χ1) is 8.19. The summed E-state index contributed by atoms with van der Waals surface area (Å²) in [4.78, 5) is 2.57. The lowest BCUT2D eigenvalue weighted by Gasteiger charge is -2.37. The first-order valence-electron chi connectivity index (χ1n) is 7.15. The van der Waals surface area contributed by atoms with E-state index in [1.165, 1.54) is 32.4 Å². The first-order valence-corrected chi connectivity index (χ1v) is 7.15. The maximum absolute atomic E-state index is 5.22. The molecule has 1 N–H and O–H groups in total. The predicted molar refractivity (Wildman–Crippen MR) is 73.4 cm³/mol. The van der Waals surface area contributed by atoms with Crippen LogP contribution in [0, 0.1) is 5.92 Å². The number of methoxy groups -OCH3 is 1. The summed E-state index contributed by atoms with van der Waals surface area (Å²) in [6.07, 6.45) is 3.92. The first kappa shape index (κ1) is 14.9. The SMILES string of the molecule is CCC(C)N(CCOC)CC1NCCCC1C. The highest BCUT2D eigenvalue weighted by Gasteiger charge is 2.24. The van der Waals surface area contributed by atoms with Crippen LogP contribution < -0.4 is 5.32 Å². The molecule has 0 bridgehead atoms. The van der Waals surface area contributed by atoms with Gasteiger partial charge in [0.15, 0.2) is 0 Å². The Kier molecular flexibility index (Phi) is 7.09. The molecule has 0 amide bonds. The van der Waals surface area contributed by atoms with Crippen LogP contribution in [0.4, 0.5) is 0 Å². The molecule has 0 aromatic rings. The van der Waals surface area contributed by atoms with Crippen LogP contribution in [0.15, 0.2) is 0 Å². The van der Waals surface area contributed by atoms with E-state index in [1.807, 2.05) is 0 Å². The Balaban J connectivity index is 2.45. The van der Waals surface area contributed by atoms with Crippen molar-refractivity contribution in [3.63, 3.8) is 0 Å². The molecule has 1 saturated heterocycles. The highest BCUT2D eigenvalue weighted by molar-refractivity contribution is 4.82. The van der Waals surface area contributed by atoms with E-state index < -0.39 is 0 Å². The van der Waals surface area contributed by atoms with Crippen LogP contribution in [-0.2, 0) is 4.74 Å². The van der Waals surface area contributed by atoms with E-state index in [-0.39, 0.29) is 0 Å². The number of piperidine rings is 1. The van der Waals surface area contributed by atoms with E-state index in [0.717, 1.165) is 19.1 Å². The minimum atomic E-state index is 0.654. The molecule has 3 atom stereocenters. The number of ether oxygens (including phenoxy) is 1. The summed E-state index contributed by atoms with van der Waals surface area (Å²) in [5, 5.41) is 3.67. The van der Waals surface area contributed by atoms with Gasteiger partial charge < -0.3 is 10.1 Å². The minimum absolute atomic E-state index is 0.654. The summed E-state index contributed by atoms with van der Waals surface area (Å²) in [5.41, 5.74) is 0. The molecule has 0 saturated carbocycles. The second kappa shape index (κ2) is 8.06. The molecule has 1 rings (SSSR count). The van der Waals surface area contributed by atoms with Crippen molar-refractivity contribution in [2.24, 2.45) is 5.92 Å². The van der Waals surface area contributed by atoms with Gasteiger partial charge in [-0.2, -0.15) is 0 Å². The number of nitrogens with zero attached hydrogens (tertiary/aromatic N) is 1. The Morgan fingerprint density at radius 1 is 1.47 bits per heavy atom. The van der Waals surface area contributed by atoms with E-state index in [1.54, 1.807) is 7.11 Å². The van der Waals surface area contributed by atoms with E-state index in [4.69, 9.17) is 4.74 Å². The molecule has 1 aliphatic rings. The van der Waals surface area contributed by atoms with Gasteiger partial charge >= 0.3 is 0 Å². The predicted octanol–water partition coefficient (Wildman–Crippen LogP) is 2.12. The zero-order valence-corrected chi connectivity index (χ0v) is 12.0. The molecule has 102 valence electrons. The van der Waals surface area contributed by atoms with Crippen molar-refractivity contribution in [3.8, 4) is 0 Å². The average Bonchev–Trinajstić information content (AvgIpc) is 2.35. The molecular formula is C14H30N2O. The van der Waals surface area contributed by atoms with Crippen LogP contribution in [-0.4, -0.2) is 50.3 Å². The molecule has 0 aliphatic carbocycles. The van der Waals surface area contributed by atoms with Crippen molar-refractivity contribution in [2.75, 3.05) is 33.4 Å². The molecule has 0 aromatic heterocycles. The third-order valence-electron chi connectivity index (χ3n) is 4.16. The van der Waals surface area contributed by atoms with E-state index in [2.05, 4.69) is 31.0 Å². The summed E-state index contributed by atoms with van der Waals surface area (Å²) in [5.74, 6) is 0.804. The fraction of sp³-hybridized carbons (Fsp3) is 1.00. The van der Waals surface area contributed by atoms with Gasteiger partial charge in [-0.25, -0.2) is 0 Å². The highest BCUT2D eigenvalue weighted by Crippen LogP contribution is 2.17. The fourth-order valence-corrected chi connectivity index (χ4v) is 2.57. The molecule has 0 aromatic carbocycles. The molecule has 1 fully saturated rings. The third-order valence-corrected chi connectivity index (χ3v) is 4.16. The van der Waals surface area contributed by atoms with Crippen molar-refractivity contribution in [3.05, 3.63) is 0 Å². The molecular weight excluding hydrogens is 212 g/mol. The average molecular weight is 242 g/mol. The fourth-order valence-electron chi connectivity index (χ4n) is 2.57. The summed E-state index contributed by atoms with van der Waals surface area (Å²) >= 11 is 0. The van der Waals surface area contributed by atoms with Crippen LogP contribution in [0.3, 0.4) is 0 Å². The van der Waals surface area contributed by atoms with Crippen LogP contribution in [0.5, 0.6) is 0 Å². The van der Waals surface area contributed by atoms with Gasteiger partial charge in [-0.15, -0.1) is 0 Å². The Hall–Kier alpha value is -0.120. The number of hydrogen-bond acceptors (Lipinski definition) is 3. The van der Waals surface area contributed by atoms with Crippen LogP contribution in [0.1, 0.15) is 40.0 Å². The lowest BCUT2D eigenvalue weighted by atomic mass is 9.92. The Morgan fingerprint density at radius 3 is 2.82 bits per heavy atom. The maximum Gasteiger partial charge on any atom is 0.0589 e. The van der Waals surface area contributed by atoms with Crippen molar-refractivity contribution < 1.29 is 4.74 Å². The van der Waals surface area contributed by atoms with Gasteiger partial charge in [-0.1, -0.05) is 13.8 Å². The molecule has 3 heteroatoms. The highest BCUT2D eigenvalue weighted by atomic mass is 16.5. The largest absolute Gasteiger partial charge is 0.383 e. The van der Waals surface area contributed by atoms with Gasteiger partial charge in [0, 0.05) is 32.3 Å². The number of hydrogen-bond donors (Lipinski definition) is 1. The van der Waals surface area contributed by atoms with Gasteiger partial charge in [0.2, 0.25) is 0 Å². The standard InChI is InChI=1S/C14H30N2O/c1-5-13(3)16(9-10-17-4)11-14-12(2)7-6-8-15-14/h12-15H,5-11H2,1-4H3. The molecule has 3 unspecified atom stereocenters. The monoisotopic (exact) mass is 242 g/mol. The maximum atomic E-state index is 5.22.